The van der Waals surface area contributed by atoms with Gasteiger partial charge in [0, 0.05) is 40.0 Å². The van der Waals surface area contributed by atoms with Crippen molar-refractivity contribution in [2.75, 3.05) is 10.6 Å². The second-order valence-electron chi connectivity index (χ2n) is 7.27. The summed E-state index contributed by atoms with van der Waals surface area (Å²) in [5.41, 5.74) is 3.74. The number of hydrogen-bond acceptors (Lipinski definition) is 6. The number of benzene rings is 1. The number of aromatic nitrogens is 4. The monoisotopic (exact) mass is 422 g/mol. The number of imidazole rings is 1. The zero-order valence-corrected chi connectivity index (χ0v) is 16.6. The lowest BCUT2D eigenvalue weighted by Gasteiger charge is -2.12. The third-order valence-electron chi connectivity index (χ3n) is 4.92. The second-order valence-corrected chi connectivity index (χ2v) is 7.71. The smallest absolute Gasteiger partial charge is 0.199 e. The van der Waals surface area contributed by atoms with Gasteiger partial charge in [-0.1, -0.05) is 24.2 Å². The Balaban J connectivity index is 1.60. The standard InChI is InChI=1S/C21H19ClN6O2/c1-11(15-8-19(29)26-21(15)30)17-10-23-20-16(24-13-5-6-13)9-18(27-28(17)20)25-14-4-2-3-12(22)7-14/h2-4,7-10,13,24,26,29-30H,1,5-6H2,(H,25,27). The van der Waals surface area contributed by atoms with Crippen LogP contribution in [0.25, 0.3) is 11.2 Å². The fourth-order valence-electron chi connectivity index (χ4n) is 3.30. The fraction of sp³-hybridized carbons (Fsp3) is 0.143. The van der Waals surface area contributed by atoms with Crippen molar-refractivity contribution in [3.8, 4) is 11.8 Å². The summed E-state index contributed by atoms with van der Waals surface area (Å²) in [6.07, 6.45) is 3.88. The minimum atomic E-state index is -0.169. The third-order valence-corrected chi connectivity index (χ3v) is 5.15. The highest BCUT2D eigenvalue weighted by Gasteiger charge is 2.24. The van der Waals surface area contributed by atoms with E-state index in [1.54, 1.807) is 16.8 Å². The minimum absolute atomic E-state index is 0.148. The number of aromatic hydroxyl groups is 2. The summed E-state index contributed by atoms with van der Waals surface area (Å²) in [6, 6.07) is 11.1. The van der Waals surface area contributed by atoms with E-state index in [2.05, 4.69) is 32.3 Å². The molecule has 30 heavy (non-hydrogen) atoms. The lowest BCUT2D eigenvalue weighted by Crippen LogP contribution is -2.08. The third kappa shape index (κ3) is 3.42. The van der Waals surface area contributed by atoms with Gasteiger partial charge in [0.05, 0.1) is 17.6 Å². The molecule has 9 heteroatoms. The van der Waals surface area contributed by atoms with Gasteiger partial charge in [-0.15, -0.1) is 5.10 Å². The average molecular weight is 423 g/mol. The Morgan fingerprint density at radius 1 is 1.23 bits per heavy atom. The molecule has 8 nitrogen and oxygen atoms in total. The maximum absolute atomic E-state index is 10.1. The highest BCUT2D eigenvalue weighted by atomic mass is 35.5. The molecule has 5 rings (SSSR count). The Bertz CT molecular complexity index is 1270. The molecular weight excluding hydrogens is 404 g/mol. The van der Waals surface area contributed by atoms with Gasteiger partial charge in [-0.25, -0.2) is 9.50 Å². The van der Waals surface area contributed by atoms with E-state index < -0.39 is 0 Å². The molecule has 5 N–H and O–H groups in total. The molecule has 1 aliphatic rings. The molecule has 0 radical (unpaired) electrons. The summed E-state index contributed by atoms with van der Waals surface area (Å²) in [5, 5.41) is 31.8. The summed E-state index contributed by atoms with van der Waals surface area (Å²) in [7, 11) is 0. The Morgan fingerprint density at radius 2 is 2.07 bits per heavy atom. The highest BCUT2D eigenvalue weighted by molar-refractivity contribution is 6.30. The van der Waals surface area contributed by atoms with Crippen LogP contribution in [0.2, 0.25) is 5.02 Å². The molecule has 4 aromatic rings. The van der Waals surface area contributed by atoms with E-state index in [0.717, 1.165) is 24.2 Å². The van der Waals surface area contributed by atoms with E-state index in [0.29, 0.717) is 39.4 Å². The van der Waals surface area contributed by atoms with Gasteiger partial charge in [-0.2, -0.15) is 0 Å². The van der Waals surface area contributed by atoms with Crippen LogP contribution in [0.4, 0.5) is 17.2 Å². The van der Waals surface area contributed by atoms with E-state index in [1.807, 2.05) is 24.3 Å². The molecule has 0 bridgehead atoms. The zero-order valence-electron chi connectivity index (χ0n) is 15.9. The first-order valence-corrected chi connectivity index (χ1v) is 9.84. The molecule has 1 aliphatic carbocycles. The molecule has 0 aliphatic heterocycles. The van der Waals surface area contributed by atoms with Crippen LogP contribution >= 0.6 is 11.6 Å². The summed E-state index contributed by atoms with van der Waals surface area (Å²) in [5.74, 6) is 0.280. The molecule has 0 spiro atoms. The first-order chi connectivity index (χ1) is 14.5. The summed E-state index contributed by atoms with van der Waals surface area (Å²) < 4.78 is 1.67. The number of H-pyrrole nitrogens is 1. The number of fused-ring (bicyclic) bond motifs is 1. The van der Waals surface area contributed by atoms with E-state index >= 15 is 0 Å². The maximum atomic E-state index is 10.1. The Morgan fingerprint density at radius 3 is 2.77 bits per heavy atom. The number of anilines is 3. The Hall–Kier alpha value is -3.65. The van der Waals surface area contributed by atoms with E-state index in [4.69, 9.17) is 11.6 Å². The number of nitrogens with one attached hydrogen (secondary N) is 3. The summed E-state index contributed by atoms with van der Waals surface area (Å²) >= 11 is 6.10. The number of rotatable bonds is 6. The molecular formula is C21H19ClN6O2. The van der Waals surface area contributed by atoms with Gasteiger partial charge in [-0.3, -0.25) is 4.98 Å². The van der Waals surface area contributed by atoms with Gasteiger partial charge in [0.15, 0.2) is 23.2 Å². The van der Waals surface area contributed by atoms with Crippen LogP contribution in [0, 0.1) is 0 Å². The first-order valence-electron chi connectivity index (χ1n) is 9.46. The van der Waals surface area contributed by atoms with Crippen LogP contribution in [0.3, 0.4) is 0 Å². The number of nitrogens with zero attached hydrogens (tertiary/aromatic N) is 3. The van der Waals surface area contributed by atoms with Crippen molar-refractivity contribution < 1.29 is 10.2 Å². The Labute approximate surface area is 176 Å². The Kier molecular flexibility index (Phi) is 4.29. The van der Waals surface area contributed by atoms with E-state index in [-0.39, 0.29) is 11.8 Å². The highest BCUT2D eigenvalue weighted by Crippen LogP contribution is 2.34. The molecule has 0 atom stereocenters. The van der Waals surface area contributed by atoms with Crippen molar-refractivity contribution in [2.45, 2.75) is 18.9 Å². The first kappa shape index (κ1) is 18.4. The van der Waals surface area contributed by atoms with Crippen LogP contribution in [-0.4, -0.2) is 35.8 Å². The van der Waals surface area contributed by atoms with Gasteiger partial charge in [0.25, 0.3) is 0 Å². The lowest BCUT2D eigenvalue weighted by atomic mass is 10.1. The van der Waals surface area contributed by atoms with Crippen LogP contribution in [0.1, 0.15) is 24.1 Å². The predicted octanol–water partition coefficient (Wildman–Crippen LogP) is 4.50. The summed E-state index contributed by atoms with van der Waals surface area (Å²) in [6.45, 7) is 4.07. The molecule has 3 heterocycles. The molecule has 0 unspecified atom stereocenters. The van der Waals surface area contributed by atoms with Crippen molar-refractivity contribution in [3.63, 3.8) is 0 Å². The number of halogens is 1. The van der Waals surface area contributed by atoms with Gasteiger partial charge in [0.1, 0.15) is 0 Å². The number of hydrogen-bond donors (Lipinski definition) is 5. The topological polar surface area (TPSA) is 110 Å². The average Bonchev–Trinajstić information content (AvgIpc) is 3.30. The summed E-state index contributed by atoms with van der Waals surface area (Å²) in [4.78, 5) is 6.98. The van der Waals surface area contributed by atoms with E-state index in [1.165, 1.54) is 6.07 Å². The van der Waals surface area contributed by atoms with Crippen molar-refractivity contribution in [1.29, 1.82) is 0 Å². The lowest BCUT2D eigenvalue weighted by molar-refractivity contribution is 0.425. The van der Waals surface area contributed by atoms with E-state index in [9.17, 15) is 10.2 Å². The molecule has 1 aromatic carbocycles. The predicted molar refractivity (Wildman–Crippen MR) is 117 cm³/mol. The minimum Gasteiger partial charge on any atom is -0.494 e. The van der Waals surface area contributed by atoms with Crippen molar-refractivity contribution in [1.82, 2.24) is 19.6 Å². The van der Waals surface area contributed by atoms with Crippen LogP contribution in [0.5, 0.6) is 11.8 Å². The van der Waals surface area contributed by atoms with Gasteiger partial charge >= 0.3 is 0 Å². The number of aromatic amines is 1. The van der Waals surface area contributed by atoms with Crippen LogP contribution < -0.4 is 10.6 Å². The van der Waals surface area contributed by atoms with Crippen LogP contribution in [0.15, 0.2) is 49.2 Å². The molecule has 1 saturated carbocycles. The molecule has 0 amide bonds. The quantitative estimate of drug-likeness (QED) is 0.313. The van der Waals surface area contributed by atoms with Gasteiger partial charge in [0.2, 0.25) is 0 Å². The molecule has 3 aromatic heterocycles. The fourth-order valence-corrected chi connectivity index (χ4v) is 3.49. The van der Waals surface area contributed by atoms with Gasteiger partial charge in [-0.05, 0) is 31.0 Å². The molecule has 152 valence electrons. The molecule has 0 saturated heterocycles. The van der Waals surface area contributed by atoms with Crippen molar-refractivity contribution in [3.05, 3.63) is 65.5 Å². The SMILES string of the molecule is C=C(c1cc(O)[nH]c1O)c1cnc2c(NC3CC3)cc(Nc3cccc(Cl)c3)nn12. The van der Waals surface area contributed by atoms with Crippen molar-refractivity contribution in [2.24, 2.45) is 0 Å². The van der Waals surface area contributed by atoms with Gasteiger partial charge < -0.3 is 20.8 Å². The van der Waals surface area contributed by atoms with Crippen LogP contribution in [-0.2, 0) is 0 Å². The second kappa shape index (κ2) is 7.00. The zero-order chi connectivity index (χ0) is 20.8. The largest absolute Gasteiger partial charge is 0.494 e. The maximum Gasteiger partial charge on any atom is 0.199 e. The molecule has 1 fully saturated rings. The van der Waals surface area contributed by atoms with Crippen molar-refractivity contribution >= 4 is 40.0 Å². The normalized spacial score (nSPS) is 13.5.